The van der Waals surface area contributed by atoms with E-state index in [1.807, 2.05) is 21.0 Å². The van der Waals surface area contributed by atoms with Gasteiger partial charge >= 0.3 is 6.03 Å². The highest BCUT2D eigenvalue weighted by molar-refractivity contribution is 5.89. The minimum Gasteiger partial charge on any atom is -0.347 e. The zero-order valence-electron chi connectivity index (χ0n) is 13.0. The van der Waals surface area contributed by atoms with Gasteiger partial charge in [-0.25, -0.2) is 23.5 Å². The topological polar surface area (TPSA) is 70.2 Å². The summed E-state index contributed by atoms with van der Waals surface area (Å²) in [4.78, 5) is 22.1. The fourth-order valence-corrected chi connectivity index (χ4v) is 1.84. The van der Waals surface area contributed by atoms with Gasteiger partial charge in [-0.05, 0) is 25.1 Å². The highest BCUT2D eigenvalue weighted by Gasteiger charge is 2.09. The first kappa shape index (κ1) is 16.6. The molecule has 2 amide bonds. The van der Waals surface area contributed by atoms with E-state index < -0.39 is 17.7 Å². The molecule has 23 heavy (non-hydrogen) atoms. The average molecular weight is 321 g/mol. The smallest absolute Gasteiger partial charge is 0.319 e. The summed E-state index contributed by atoms with van der Waals surface area (Å²) >= 11 is 0. The Balaban J connectivity index is 1.99. The zero-order chi connectivity index (χ0) is 17.0. The molecule has 8 heteroatoms. The van der Waals surface area contributed by atoms with Crippen molar-refractivity contribution in [3.05, 3.63) is 47.3 Å². The van der Waals surface area contributed by atoms with E-state index in [1.165, 1.54) is 0 Å². The number of nitrogens with zero attached hydrogens (tertiary/aromatic N) is 3. The highest BCUT2D eigenvalue weighted by Crippen LogP contribution is 2.14. The molecule has 0 bridgehead atoms. The Morgan fingerprint density at radius 3 is 2.61 bits per heavy atom. The maximum absolute atomic E-state index is 13.5. The molecule has 0 aliphatic heterocycles. The molecule has 0 saturated carbocycles. The van der Waals surface area contributed by atoms with Crippen LogP contribution in [0.15, 0.2) is 24.3 Å². The molecule has 0 radical (unpaired) electrons. The Morgan fingerprint density at radius 1 is 1.22 bits per heavy atom. The van der Waals surface area contributed by atoms with Gasteiger partial charge in [0.1, 0.15) is 11.6 Å². The second-order valence-electron chi connectivity index (χ2n) is 5.13. The number of hydrogen-bond acceptors (Lipinski definition) is 4. The molecule has 0 unspecified atom stereocenters. The van der Waals surface area contributed by atoms with Gasteiger partial charge < -0.3 is 15.5 Å². The number of aromatic nitrogens is 2. The van der Waals surface area contributed by atoms with Gasteiger partial charge in [0.15, 0.2) is 0 Å². The minimum absolute atomic E-state index is 0.100. The molecule has 0 fully saturated rings. The Hall–Kier alpha value is -2.77. The van der Waals surface area contributed by atoms with Crippen LogP contribution in [0.25, 0.3) is 0 Å². The van der Waals surface area contributed by atoms with Crippen LogP contribution in [-0.4, -0.2) is 30.1 Å². The van der Waals surface area contributed by atoms with Crippen LogP contribution >= 0.6 is 0 Å². The summed E-state index contributed by atoms with van der Waals surface area (Å²) in [6.45, 7) is 1.98. The van der Waals surface area contributed by atoms with Crippen LogP contribution in [0.4, 0.5) is 25.2 Å². The molecule has 0 atom stereocenters. The van der Waals surface area contributed by atoms with E-state index in [0.717, 1.165) is 17.8 Å². The molecule has 2 rings (SSSR count). The molecule has 0 aliphatic carbocycles. The zero-order valence-corrected chi connectivity index (χ0v) is 13.0. The second-order valence-corrected chi connectivity index (χ2v) is 5.13. The normalized spacial score (nSPS) is 10.3. The summed E-state index contributed by atoms with van der Waals surface area (Å²) in [5.41, 5.74) is 1.29. The van der Waals surface area contributed by atoms with Gasteiger partial charge in [-0.15, -0.1) is 0 Å². The number of urea groups is 1. The Kier molecular flexibility index (Phi) is 5.05. The van der Waals surface area contributed by atoms with E-state index in [4.69, 9.17) is 0 Å². The maximum Gasteiger partial charge on any atom is 0.319 e. The third kappa shape index (κ3) is 4.60. The first-order chi connectivity index (χ1) is 10.8. The number of rotatable bonds is 4. The van der Waals surface area contributed by atoms with Crippen LogP contribution in [-0.2, 0) is 6.54 Å². The van der Waals surface area contributed by atoms with Crippen LogP contribution in [0.3, 0.4) is 0 Å². The number of nitrogens with one attached hydrogen (secondary N) is 2. The lowest BCUT2D eigenvalue weighted by Gasteiger charge is -2.13. The van der Waals surface area contributed by atoms with Gasteiger partial charge in [0, 0.05) is 25.9 Å². The van der Waals surface area contributed by atoms with Crippen LogP contribution in [0.2, 0.25) is 0 Å². The van der Waals surface area contributed by atoms with Crippen molar-refractivity contribution >= 4 is 17.7 Å². The Labute approximate surface area is 132 Å². The van der Waals surface area contributed by atoms with Gasteiger partial charge in [-0.3, -0.25) is 0 Å². The van der Waals surface area contributed by atoms with Gasteiger partial charge in [0.25, 0.3) is 0 Å². The quantitative estimate of drug-likeness (QED) is 0.907. The van der Waals surface area contributed by atoms with Gasteiger partial charge in [-0.2, -0.15) is 0 Å². The summed E-state index contributed by atoms with van der Waals surface area (Å²) in [6.07, 6.45) is 0. The van der Waals surface area contributed by atoms with Crippen molar-refractivity contribution in [3.63, 3.8) is 0 Å². The van der Waals surface area contributed by atoms with Crippen molar-refractivity contribution in [2.75, 3.05) is 24.3 Å². The summed E-state index contributed by atoms with van der Waals surface area (Å²) in [5.74, 6) is -1.01. The molecule has 6 nitrogen and oxygen atoms in total. The molecule has 1 aromatic heterocycles. The standard InChI is InChI=1S/C15H17F2N5O/c1-9-6-11(20-14(19-9)22(2)3)8-18-15(23)21-13-5-4-10(16)7-12(13)17/h4-7H,8H2,1-3H3,(H2,18,21,23). The summed E-state index contributed by atoms with van der Waals surface area (Å²) < 4.78 is 26.3. The summed E-state index contributed by atoms with van der Waals surface area (Å²) in [7, 11) is 3.63. The molecule has 0 spiro atoms. The number of benzene rings is 1. The van der Waals surface area contributed by atoms with Gasteiger partial charge in [-0.1, -0.05) is 0 Å². The first-order valence-corrected chi connectivity index (χ1v) is 6.87. The van der Waals surface area contributed by atoms with Crippen molar-refractivity contribution in [3.8, 4) is 0 Å². The molecule has 2 N–H and O–H groups in total. The van der Waals surface area contributed by atoms with E-state index >= 15 is 0 Å². The van der Waals surface area contributed by atoms with Gasteiger partial charge in [0.2, 0.25) is 5.95 Å². The van der Waals surface area contributed by atoms with Crippen LogP contribution in [0.1, 0.15) is 11.4 Å². The number of carbonyl (C=O) groups excluding carboxylic acids is 1. The van der Waals surface area contributed by atoms with E-state index in [1.54, 1.807) is 11.0 Å². The van der Waals surface area contributed by atoms with Crippen molar-refractivity contribution < 1.29 is 13.6 Å². The molecular formula is C15H17F2N5O. The maximum atomic E-state index is 13.5. The molecule has 1 aromatic carbocycles. The monoisotopic (exact) mass is 321 g/mol. The number of hydrogen-bond donors (Lipinski definition) is 2. The van der Waals surface area contributed by atoms with Crippen LogP contribution in [0.5, 0.6) is 0 Å². The average Bonchev–Trinajstić information content (AvgIpc) is 2.47. The SMILES string of the molecule is Cc1cc(CNC(=O)Nc2ccc(F)cc2F)nc(N(C)C)n1. The lowest BCUT2D eigenvalue weighted by atomic mass is 10.3. The summed E-state index contributed by atoms with van der Waals surface area (Å²) in [6, 6.07) is 4.05. The molecule has 0 aliphatic rings. The molecule has 2 aromatic rings. The molecule has 122 valence electrons. The summed E-state index contributed by atoms with van der Waals surface area (Å²) in [5, 5.41) is 4.88. The van der Waals surface area contributed by atoms with Crippen LogP contribution < -0.4 is 15.5 Å². The van der Waals surface area contributed by atoms with Gasteiger partial charge in [0.05, 0.1) is 17.9 Å². The van der Waals surface area contributed by atoms with E-state index in [-0.39, 0.29) is 12.2 Å². The predicted molar refractivity (Wildman–Crippen MR) is 83.3 cm³/mol. The Bertz CT molecular complexity index is 721. The van der Waals surface area contributed by atoms with E-state index in [9.17, 15) is 13.6 Å². The van der Waals surface area contributed by atoms with Crippen molar-refractivity contribution in [2.45, 2.75) is 13.5 Å². The third-order valence-corrected chi connectivity index (χ3v) is 2.90. The van der Waals surface area contributed by atoms with E-state index in [0.29, 0.717) is 17.7 Å². The number of anilines is 2. The lowest BCUT2D eigenvalue weighted by Crippen LogP contribution is -2.29. The molecule has 1 heterocycles. The van der Waals surface area contributed by atoms with Crippen molar-refractivity contribution in [1.29, 1.82) is 0 Å². The third-order valence-electron chi connectivity index (χ3n) is 2.90. The second kappa shape index (κ2) is 6.99. The number of amides is 2. The lowest BCUT2D eigenvalue weighted by molar-refractivity contribution is 0.251. The predicted octanol–water partition coefficient (Wildman–Crippen LogP) is 2.45. The fraction of sp³-hybridized carbons (Fsp3) is 0.267. The first-order valence-electron chi connectivity index (χ1n) is 6.87. The number of carbonyl (C=O) groups is 1. The van der Waals surface area contributed by atoms with Crippen LogP contribution in [0, 0.1) is 18.6 Å². The molecule has 0 saturated heterocycles. The number of aryl methyl sites for hydroxylation is 1. The van der Waals surface area contributed by atoms with Crippen molar-refractivity contribution in [1.82, 2.24) is 15.3 Å². The fourth-order valence-electron chi connectivity index (χ4n) is 1.84. The van der Waals surface area contributed by atoms with E-state index in [2.05, 4.69) is 20.6 Å². The minimum atomic E-state index is -0.840. The highest BCUT2D eigenvalue weighted by atomic mass is 19.1. The van der Waals surface area contributed by atoms with Crippen molar-refractivity contribution in [2.24, 2.45) is 0 Å². The largest absolute Gasteiger partial charge is 0.347 e. The Morgan fingerprint density at radius 2 is 1.96 bits per heavy atom. The number of halogens is 2. The molecular weight excluding hydrogens is 304 g/mol.